The van der Waals surface area contributed by atoms with Crippen LogP contribution in [0.25, 0.3) is 0 Å². The zero-order chi connectivity index (χ0) is 20.1. The summed E-state index contributed by atoms with van der Waals surface area (Å²) in [7, 11) is 0. The van der Waals surface area contributed by atoms with Crippen molar-refractivity contribution in [1.29, 1.82) is 0 Å². The van der Waals surface area contributed by atoms with E-state index in [-0.39, 0.29) is 10.3 Å². The summed E-state index contributed by atoms with van der Waals surface area (Å²) in [4.78, 5) is 12.5. The number of anilines is 1. The second-order valence-electron chi connectivity index (χ2n) is 7.87. The van der Waals surface area contributed by atoms with Crippen molar-refractivity contribution >= 4 is 34.7 Å². The lowest BCUT2D eigenvalue weighted by molar-refractivity contribution is 0.0781. The van der Waals surface area contributed by atoms with Crippen LogP contribution in [0.3, 0.4) is 0 Å². The number of benzene rings is 1. The minimum absolute atomic E-state index is 0.0132. The molecular weight excluding hydrogens is 400 g/mol. The van der Waals surface area contributed by atoms with Gasteiger partial charge >= 0.3 is 11.1 Å². The molecule has 8 heteroatoms. The van der Waals surface area contributed by atoms with Gasteiger partial charge in [0.2, 0.25) is 5.22 Å². The van der Waals surface area contributed by atoms with Crippen LogP contribution < -0.4 is 10.0 Å². The van der Waals surface area contributed by atoms with Crippen LogP contribution in [0.1, 0.15) is 54.5 Å². The molecule has 28 heavy (non-hydrogen) atoms. The standard InChI is InChI=1S/C20H23ClN2O4S/c1-20(2,25)15-10-16(27-18(15)21)28(26)23-19(24)22-17-13-7-3-5-11(13)9-12-6-4-8-14(12)17/h9-10,25H,3-8H2,1-2H3,(H2,22,23,24). The number of hydrogen-bond donors (Lipinski definition) is 3. The third kappa shape index (κ3) is 3.64. The van der Waals surface area contributed by atoms with E-state index in [1.165, 1.54) is 28.3 Å². The highest BCUT2D eigenvalue weighted by molar-refractivity contribution is 7.89. The van der Waals surface area contributed by atoms with Gasteiger partial charge < -0.3 is 19.4 Å². The molecule has 4 rings (SSSR count). The van der Waals surface area contributed by atoms with Crippen LogP contribution in [-0.4, -0.2) is 15.7 Å². The molecule has 0 radical (unpaired) electrons. The third-order valence-corrected chi connectivity index (χ3v) is 6.62. The second kappa shape index (κ2) is 7.30. The Hall–Kier alpha value is -1.67. The molecule has 0 spiro atoms. The average Bonchev–Trinajstić information content (AvgIpc) is 3.32. The Morgan fingerprint density at radius 2 is 1.79 bits per heavy atom. The fourth-order valence-corrected chi connectivity index (χ4v) is 5.22. The zero-order valence-electron chi connectivity index (χ0n) is 15.9. The first-order valence-corrected chi connectivity index (χ1v) is 10.9. The molecule has 1 heterocycles. The Balaban J connectivity index is 1.52. The van der Waals surface area contributed by atoms with Gasteiger partial charge in [0.1, 0.15) is 11.4 Å². The first-order chi connectivity index (χ1) is 13.2. The molecule has 6 nitrogen and oxygen atoms in total. The lowest BCUT2D eigenvalue weighted by atomic mass is 9.99. The highest BCUT2D eigenvalue weighted by Crippen LogP contribution is 2.38. The van der Waals surface area contributed by atoms with Crippen molar-refractivity contribution in [1.82, 2.24) is 4.72 Å². The number of carbonyl (C=O) groups excluding carboxylic acids is 1. The lowest BCUT2D eigenvalue weighted by Crippen LogP contribution is -2.34. The Kier molecular flexibility index (Phi) is 5.12. The summed E-state index contributed by atoms with van der Waals surface area (Å²) in [6.07, 6.45) is 6.15. The van der Waals surface area contributed by atoms with Crippen LogP contribution in [0.15, 0.2) is 21.6 Å². The highest BCUT2D eigenvalue weighted by Gasteiger charge is 2.30. The van der Waals surface area contributed by atoms with Gasteiger partial charge in [0.25, 0.3) is 0 Å². The van der Waals surface area contributed by atoms with Crippen LogP contribution in [-0.2, 0) is 42.6 Å². The SMILES string of the molecule is CC(C)(O)c1cc([S+]([O-])NC(=O)Nc2c3c(cc4c2CCC4)CCC3)oc1Cl. The van der Waals surface area contributed by atoms with Gasteiger partial charge in [0, 0.05) is 17.3 Å². The van der Waals surface area contributed by atoms with Crippen LogP contribution in [0.4, 0.5) is 10.5 Å². The Bertz CT molecular complexity index is 903. The molecular formula is C20H23ClN2O4S. The Morgan fingerprint density at radius 1 is 1.18 bits per heavy atom. The molecule has 3 N–H and O–H groups in total. The minimum Gasteiger partial charge on any atom is -0.585 e. The first kappa shape index (κ1) is 19.6. The van der Waals surface area contributed by atoms with Crippen molar-refractivity contribution in [3.8, 4) is 0 Å². The summed E-state index contributed by atoms with van der Waals surface area (Å²) in [5.41, 5.74) is 4.98. The van der Waals surface area contributed by atoms with Crippen LogP contribution in [0.2, 0.25) is 5.22 Å². The van der Waals surface area contributed by atoms with Gasteiger partial charge in [-0.25, -0.2) is 4.79 Å². The zero-order valence-corrected chi connectivity index (χ0v) is 17.4. The molecule has 2 amide bonds. The van der Waals surface area contributed by atoms with Crippen LogP contribution in [0, 0.1) is 0 Å². The summed E-state index contributed by atoms with van der Waals surface area (Å²) in [5.74, 6) is 0. The fraction of sp³-hybridized carbons (Fsp3) is 0.450. The molecule has 2 aliphatic carbocycles. The predicted octanol–water partition coefficient (Wildman–Crippen LogP) is 3.98. The Morgan fingerprint density at radius 3 is 2.32 bits per heavy atom. The summed E-state index contributed by atoms with van der Waals surface area (Å²) in [6.45, 7) is 3.10. The average molecular weight is 423 g/mol. The van der Waals surface area contributed by atoms with E-state index in [4.69, 9.17) is 16.0 Å². The number of hydrogen-bond acceptors (Lipinski definition) is 4. The van der Waals surface area contributed by atoms with E-state index in [2.05, 4.69) is 16.1 Å². The molecule has 1 unspecified atom stereocenters. The van der Waals surface area contributed by atoms with Gasteiger partial charge in [-0.1, -0.05) is 6.07 Å². The van der Waals surface area contributed by atoms with Gasteiger partial charge in [0.15, 0.2) is 0 Å². The largest absolute Gasteiger partial charge is 0.585 e. The second-order valence-corrected chi connectivity index (χ2v) is 9.36. The van der Waals surface area contributed by atoms with Crippen molar-refractivity contribution in [2.45, 2.75) is 63.1 Å². The van der Waals surface area contributed by atoms with Crippen molar-refractivity contribution in [3.63, 3.8) is 0 Å². The molecule has 0 bridgehead atoms. The monoisotopic (exact) mass is 422 g/mol. The summed E-state index contributed by atoms with van der Waals surface area (Å²) >= 11 is 4.05. The number of aryl methyl sites for hydroxylation is 2. The van der Waals surface area contributed by atoms with E-state index in [0.29, 0.717) is 5.56 Å². The Labute approximate surface area is 172 Å². The third-order valence-electron chi connectivity index (χ3n) is 5.40. The topological polar surface area (TPSA) is 97.6 Å². The van der Waals surface area contributed by atoms with E-state index in [1.807, 2.05) is 0 Å². The van der Waals surface area contributed by atoms with Gasteiger partial charge in [-0.15, -0.1) is 4.72 Å². The number of fused-ring (bicyclic) bond motifs is 2. The van der Waals surface area contributed by atoms with E-state index < -0.39 is 23.0 Å². The number of aliphatic hydroxyl groups is 1. The van der Waals surface area contributed by atoms with Crippen molar-refractivity contribution < 1.29 is 18.9 Å². The molecule has 150 valence electrons. The first-order valence-electron chi connectivity index (χ1n) is 9.42. The van der Waals surface area contributed by atoms with Crippen molar-refractivity contribution in [2.75, 3.05) is 5.32 Å². The quantitative estimate of drug-likeness (QED) is 0.649. The number of rotatable bonds is 4. The van der Waals surface area contributed by atoms with Crippen LogP contribution in [0.5, 0.6) is 0 Å². The number of urea groups is 1. The number of halogens is 1. The number of nitrogens with one attached hydrogen (secondary N) is 2. The van der Waals surface area contributed by atoms with E-state index in [9.17, 15) is 14.5 Å². The summed E-state index contributed by atoms with van der Waals surface area (Å²) < 4.78 is 20.2. The van der Waals surface area contributed by atoms with Gasteiger partial charge in [-0.3, -0.25) is 0 Å². The maximum absolute atomic E-state index is 12.5. The summed E-state index contributed by atoms with van der Waals surface area (Å²) in [6, 6.07) is 3.14. The molecule has 2 aromatic rings. The maximum atomic E-state index is 12.5. The van der Waals surface area contributed by atoms with Crippen molar-refractivity contribution in [2.24, 2.45) is 0 Å². The molecule has 1 atom stereocenters. The molecule has 0 aliphatic heterocycles. The van der Waals surface area contributed by atoms with E-state index in [0.717, 1.165) is 44.2 Å². The van der Waals surface area contributed by atoms with Gasteiger partial charge in [-0.2, -0.15) is 0 Å². The normalized spacial score (nSPS) is 16.6. The smallest absolute Gasteiger partial charge is 0.361 e. The molecule has 0 saturated heterocycles. The maximum Gasteiger partial charge on any atom is 0.361 e. The molecule has 2 aliphatic rings. The fourth-order valence-electron chi connectivity index (χ4n) is 4.10. The molecule has 1 aromatic carbocycles. The summed E-state index contributed by atoms with van der Waals surface area (Å²) in [5, 5.41) is 12.9. The van der Waals surface area contributed by atoms with E-state index in [1.54, 1.807) is 13.8 Å². The lowest BCUT2D eigenvalue weighted by Gasteiger charge is -2.16. The van der Waals surface area contributed by atoms with Crippen LogP contribution >= 0.6 is 11.6 Å². The molecule has 0 fully saturated rings. The number of furan rings is 1. The van der Waals surface area contributed by atoms with Crippen molar-refractivity contribution in [3.05, 3.63) is 45.2 Å². The van der Waals surface area contributed by atoms with Gasteiger partial charge in [-0.05, 0) is 86.2 Å². The number of carbonyl (C=O) groups is 1. The van der Waals surface area contributed by atoms with E-state index >= 15 is 0 Å². The predicted molar refractivity (Wildman–Crippen MR) is 108 cm³/mol. The number of amides is 2. The minimum atomic E-state index is -1.93. The molecule has 1 aromatic heterocycles. The van der Waals surface area contributed by atoms with Gasteiger partial charge in [0.05, 0.1) is 5.60 Å². The highest BCUT2D eigenvalue weighted by atomic mass is 35.5. The molecule has 0 saturated carbocycles.